The van der Waals surface area contributed by atoms with Crippen LogP contribution in [0.25, 0.3) is 16.3 Å². The molecule has 0 spiro atoms. The third-order valence-electron chi connectivity index (χ3n) is 8.23. The number of carbonyl (C=O) groups is 1. The molecule has 1 saturated heterocycles. The number of carbonyl (C=O) groups excluding carboxylic acids is 1. The first kappa shape index (κ1) is 23.7. The number of nitro groups is 1. The maximum Gasteiger partial charge on any atom is 0.292 e. The number of rotatable bonds is 3. The first-order chi connectivity index (χ1) is 17.7. The first-order valence-electron chi connectivity index (χ1n) is 13.1. The SMILES string of the molecule is C[NH+]1CCN(c2ccc([C@@H]3Nc4ccc5ccccc5c4C4=C3C(=O)CC(C)(C)C4)cc2[N+](=O)[O-])CC1. The van der Waals surface area contributed by atoms with Gasteiger partial charge in [0.2, 0.25) is 0 Å². The normalized spacial score (nSPS) is 21.4. The summed E-state index contributed by atoms with van der Waals surface area (Å²) >= 11 is 0. The Balaban J connectivity index is 1.50. The van der Waals surface area contributed by atoms with Crippen molar-refractivity contribution in [1.29, 1.82) is 0 Å². The van der Waals surface area contributed by atoms with E-state index in [4.69, 9.17) is 0 Å². The van der Waals surface area contributed by atoms with Crippen molar-refractivity contribution in [1.82, 2.24) is 0 Å². The van der Waals surface area contributed by atoms with E-state index in [0.717, 1.165) is 71.3 Å². The summed E-state index contributed by atoms with van der Waals surface area (Å²) < 4.78 is 0. The van der Waals surface area contributed by atoms with Gasteiger partial charge >= 0.3 is 0 Å². The van der Waals surface area contributed by atoms with Crippen LogP contribution in [0.4, 0.5) is 17.1 Å². The van der Waals surface area contributed by atoms with Crippen molar-refractivity contribution in [3.05, 3.63) is 81.4 Å². The van der Waals surface area contributed by atoms with E-state index >= 15 is 0 Å². The van der Waals surface area contributed by atoms with Crippen LogP contribution in [-0.2, 0) is 4.79 Å². The molecule has 0 saturated carbocycles. The smallest absolute Gasteiger partial charge is 0.292 e. The number of hydrogen-bond donors (Lipinski definition) is 2. The van der Waals surface area contributed by atoms with Gasteiger partial charge in [0.1, 0.15) is 5.69 Å². The highest BCUT2D eigenvalue weighted by atomic mass is 16.6. The summed E-state index contributed by atoms with van der Waals surface area (Å²) in [5.74, 6) is 0.121. The van der Waals surface area contributed by atoms with Crippen LogP contribution in [0.3, 0.4) is 0 Å². The fourth-order valence-corrected chi connectivity index (χ4v) is 6.35. The zero-order chi connectivity index (χ0) is 25.9. The average Bonchev–Trinajstić information content (AvgIpc) is 2.87. The summed E-state index contributed by atoms with van der Waals surface area (Å²) in [4.78, 5) is 29.2. The van der Waals surface area contributed by atoms with Crippen LogP contribution in [0, 0.1) is 15.5 Å². The molecule has 3 aromatic carbocycles. The molecule has 0 amide bonds. The van der Waals surface area contributed by atoms with Crippen LogP contribution in [0.2, 0.25) is 0 Å². The van der Waals surface area contributed by atoms with Crippen molar-refractivity contribution in [2.75, 3.05) is 43.4 Å². The van der Waals surface area contributed by atoms with E-state index in [0.29, 0.717) is 12.1 Å². The van der Waals surface area contributed by atoms with E-state index in [-0.39, 0.29) is 21.8 Å². The minimum atomic E-state index is -0.419. The molecule has 0 unspecified atom stereocenters. The van der Waals surface area contributed by atoms with Crippen molar-refractivity contribution in [3.63, 3.8) is 0 Å². The minimum absolute atomic E-state index is 0.105. The van der Waals surface area contributed by atoms with Gasteiger partial charge in [-0.3, -0.25) is 14.9 Å². The lowest BCUT2D eigenvalue weighted by molar-refractivity contribution is -0.880. The van der Waals surface area contributed by atoms with Gasteiger partial charge in [-0.1, -0.05) is 50.2 Å². The molecule has 2 heterocycles. The quantitative estimate of drug-likeness (QED) is 0.414. The topological polar surface area (TPSA) is 79.9 Å². The van der Waals surface area contributed by atoms with Crippen LogP contribution in [0.15, 0.2) is 60.2 Å². The number of anilines is 2. The number of nitro benzene ring substituents is 1. The van der Waals surface area contributed by atoms with E-state index < -0.39 is 6.04 Å². The van der Waals surface area contributed by atoms with Gasteiger partial charge in [0.25, 0.3) is 5.69 Å². The van der Waals surface area contributed by atoms with E-state index in [1.807, 2.05) is 24.3 Å². The summed E-state index contributed by atoms with van der Waals surface area (Å²) in [6.45, 7) is 7.78. The number of nitrogens with zero attached hydrogens (tertiary/aromatic N) is 2. The maximum absolute atomic E-state index is 13.7. The lowest BCUT2D eigenvalue weighted by atomic mass is 9.68. The van der Waals surface area contributed by atoms with Crippen LogP contribution in [0.1, 0.15) is 43.9 Å². The highest BCUT2D eigenvalue weighted by Crippen LogP contribution is 2.52. The molecule has 2 aliphatic heterocycles. The number of benzene rings is 3. The Morgan fingerprint density at radius 3 is 2.57 bits per heavy atom. The summed E-state index contributed by atoms with van der Waals surface area (Å²) in [5, 5.41) is 18.1. The fraction of sp³-hybridized carbons (Fsp3) is 0.367. The summed E-state index contributed by atoms with van der Waals surface area (Å²) in [5.41, 5.74) is 5.28. The van der Waals surface area contributed by atoms with Crippen LogP contribution in [0.5, 0.6) is 0 Å². The molecule has 3 aliphatic rings. The molecule has 37 heavy (non-hydrogen) atoms. The molecule has 1 aliphatic carbocycles. The average molecular weight is 498 g/mol. The van der Waals surface area contributed by atoms with Gasteiger partial charge < -0.3 is 15.1 Å². The molecule has 1 atom stereocenters. The zero-order valence-corrected chi connectivity index (χ0v) is 21.6. The number of Topliss-reactive ketones (excluding diaryl/α,β-unsaturated/α-hetero) is 1. The molecule has 3 aromatic rings. The number of ketones is 1. The van der Waals surface area contributed by atoms with E-state index in [2.05, 4.69) is 55.4 Å². The molecule has 2 N–H and O–H groups in total. The van der Waals surface area contributed by atoms with Crippen molar-refractivity contribution >= 4 is 39.2 Å². The van der Waals surface area contributed by atoms with Gasteiger partial charge in [-0.05, 0) is 45.9 Å². The van der Waals surface area contributed by atoms with Crippen LogP contribution < -0.4 is 15.1 Å². The van der Waals surface area contributed by atoms with E-state index in [9.17, 15) is 14.9 Å². The third kappa shape index (κ3) is 4.07. The molecule has 0 bridgehead atoms. The first-order valence-corrected chi connectivity index (χ1v) is 13.1. The third-order valence-corrected chi connectivity index (χ3v) is 8.23. The summed E-state index contributed by atoms with van der Waals surface area (Å²) in [7, 11) is 2.15. The number of nitrogens with one attached hydrogen (secondary N) is 2. The second-order valence-corrected chi connectivity index (χ2v) is 11.6. The van der Waals surface area contributed by atoms with Crippen LogP contribution >= 0.6 is 0 Å². The van der Waals surface area contributed by atoms with Gasteiger partial charge in [-0.2, -0.15) is 0 Å². The lowest BCUT2D eigenvalue weighted by Gasteiger charge is -2.40. The Bertz CT molecular complexity index is 1470. The number of likely N-dealkylation sites (N-methyl/N-ethyl adjacent to an activating group) is 1. The largest absolute Gasteiger partial charge is 0.373 e. The predicted octanol–water partition coefficient (Wildman–Crippen LogP) is 4.39. The fourth-order valence-electron chi connectivity index (χ4n) is 6.35. The zero-order valence-electron chi connectivity index (χ0n) is 21.6. The molecular formula is C30H33N4O3+. The number of fused-ring (bicyclic) bond motifs is 4. The number of hydrogen-bond acceptors (Lipinski definition) is 5. The second-order valence-electron chi connectivity index (χ2n) is 11.6. The Labute approximate surface area is 216 Å². The highest BCUT2D eigenvalue weighted by Gasteiger charge is 2.41. The van der Waals surface area contributed by atoms with Crippen molar-refractivity contribution in [3.8, 4) is 0 Å². The standard InChI is InChI=1S/C30H32N4O3/c1-30(2)17-22-27-21-7-5-4-6-19(21)8-10-23(27)31-29(28(22)26(35)18-30)20-9-11-24(25(16-20)34(36)37)33-14-12-32(3)13-15-33/h4-11,16,29,31H,12-15,17-18H2,1-3H3/p+1/t29-/m0/s1. The van der Waals surface area contributed by atoms with E-state index in [1.54, 1.807) is 6.07 Å². The highest BCUT2D eigenvalue weighted by molar-refractivity contribution is 6.12. The van der Waals surface area contributed by atoms with Crippen molar-refractivity contribution < 1.29 is 14.6 Å². The summed E-state index contributed by atoms with van der Waals surface area (Å²) in [6, 6.07) is 17.6. The molecule has 7 heteroatoms. The van der Waals surface area contributed by atoms with Crippen LogP contribution in [-0.4, -0.2) is 43.9 Å². The summed E-state index contributed by atoms with van der Waals surface area (Å²) in [6.07, 6.45) is 1.25. The minimum Gasteiger partial charge on any atom is -0.373 e. The molecule has 0 aromatic heterocycles. The lowest BCUT2D eigenvalue weighted by Crippen LogP contribution is -3.12. The Morgan fingerprint density at radius 1 is 1.05 bits per heavy atom. The number of allylic oxidation sites excluding steroid dienone is 1. The molecule has 0 radical (unpaired) electrons. The molecule has 190 valence electrons. The second kappa shape index (κ2) is 8.70. The maximum atomic E-state index is 13.7. The van der Waals surface area contributed by atoms with Gasteiger partial charge in [0.15, 0.2) is 5.78 Å². The monoisotopic (exact) mass is 497 g/mol. The van der Waals surface area contributed by atoms with Gasteiger partial charge in [0.05, 0.1) is 44.2 Å². The molecular weight excluding hydrogens is 464 g/mol. The van der Waals surface area contributed by atoms with Gasteiger partial charge in [0, 0.05) is 29.3 Å². The molecule has 7 nitrogen and oxygen atoms in total. The Morgan fingerprint density at radius 2 is 1.81 bits per heavy atom. The van der Waals surface area contributed by atoms with Gasteiger partial charge in [-0.25, -0.2) is 0 Å². The van der Waals surface area contributed by atoms with Crippen molar-refractivity contribution in [2.45, 2.75) is 32.7 Å². The van der Waals surface area contributed by atoms with Gasteiger partial charge in [-0.15, -0.1) is 0 Å². The molecule has 1 fully saturated rings. The van der Waals surface area contributed by atoms with Crippen molar-refractivity contribution in [2.24, 2.45) is 5.41 Å². The number of quaternary nitrogens is 1. The Kier molecular flexibility index (Phi) is 5.57. The number of piperazine rings is 1. The Hall–Kier alpha value is -3.71. The predicted molar refractivity (Wildman–Crippen MR) is 147 cm³/mol. The van der Waals surface area contributed by atoms with E-state index in [1.165, 1.54) is 4.90 Å². The molecule has 6 rings (SSSR count).